The minimum Gasteiger partial charge on any atom is -0.480 e. The maximum absolute atomic E-state index is 13.2. The first-order valence-electron chi connectivity index (χ1n) is 31.1. The Kier molecular flexibility index (Phi) is 35.3. The van der Waals surface area contributed by atoms with Crippen LogP contribution >= 0.6 is 0 Å². The molecule has 28 nitrogen and oxygen atoms in total. The summed E-state index contributed by atoms with van der Waals surface area (Å²) in [4.78, 5) is 165. The Balaban J connectivity index is 1.63. The van der Waals surface area contributed by atoms with E-state index in [0.717, 1.165) is 17.1 Å². The standard InChI is InChI=1S/C63H99N9O19/c1-41(2)53(57(82)83)71-56(81)44(68-49(75)22-18-36-72-50(76)28-29-51(72)77)19-12-15-33-65-48(74)31-37-87-39-40-88-38-35-67-55(80)43-25-23-42(24-26-43)54(79)66-34-17-14-21-47(73)64-32-16-13-20-45(58(84)90-62(6,7)8)69-60(86)70-46(59(85)91-63(9,10)11)27-30-52(78)89-61(3,4)5/h23-26,28-29,41,44-46,53H,12-22,27,30-40H2,1-11H3,(H,64,73)(H,65,74)(H,66,79)(H,67,80)(H,68,75)(H,71,81)(H,82,83)(H2,69,70,86)/t44-,45-,46-,53-/m0/s1. The number of ether oxygens (including phenoxy) is 5. The van der Waals surface area contributed by atoms with Crippen LogP contribution in [0.1, 0.15) is 187 Å². The number of urea groups is 1. The zero-order chi connectivity index (χ0) is 68.3. The zero-order valence-corrected chi connectivity index (χ0v) is 54.9. The third kappa shape index (κ3) is 35.8. The fourth-order valence-corrected chi connectivity index (χ4v) is 8.50. The van der Waals surface area contributed by atoms with Crippen molar-refractivity contribution < 1.29 is 91.1 Å². The van der Waals surface area contributed by atoms with Crippen LogP contribution in [0.4, 0.5) is 4.79 Å². The van der Waals surface area contributed by atoms with E-state index < -0.39 is 100 Å². The first kappa shape index (κ1) is 79.1. The Bertz CT molecular complexity index is 2610. The van der Waals surface area contributed by atoms with E-state index in [1.165, 1.54) is 24.3 Å². The first-order chi connectivity index (χ1) is 42.6. The molecular formula is C63H99N9O19. The van der Waals surface area contributed by atoms with Gasteiger partial charge in [-0.1, -0.05) is 13.8 Å². The van der Waals surface area contributed by atoms with Gasteiger partial charge in [0.05, 0.1) is 26.4 Å². The lowest BCUT2D eigenvalue weighted by Gasteiger charge is -2.27. The molecule has 510 valence electrons. The minimum atomic E-state index is -1.23. The fourth-order valence-electron chi connectivity index (χ4n) is 8.50. The van der Waals surface area contributed by atoms with Gasteiger partial charge in [0.2, 0.25) is 23.6 Å². The number of rotatable bonds is 42. The SMILES string of the molecule is CC(C)[C@H](NC(=O)[C@H](CCCCNC(=O)CCOCCOCCNC(=O)c1ccc(C(=O)NCCCCC(=O)NCCCC[C@H](NC(=O)N[C@@H](CCC(=O)OC(C)(C)C)C(=O)OC(C)(C)C)C(=O)OC(C)(C)C)cc1)NC(=O)CCCN1C(=O)C=CC1=O)C(=O)O. The van der Waals surface area contributed by atoms with Crippen molar-refractivity contribution in [1.29, 1.82) is 0 Å². The maximum atomic E-state index is 13.2. The highest BCUT2D eigenvalue weighted by atomic mass is 16.6. The van der Waals surface area contributed by atoms with E-state index in [2.05, 4.69) is 42.5 Å². The number of amides is 10. The first-order valence-corrected chi connectivity index (χ1v) is 31.1. The largest absolute Gasteiger partial charge is 0.480 e. The van der Waals surface area contributed by atoms with Crippen LogP contribution in [0, 0.1) is 5.92 Å². The molecular weight excluding hydrogens is 1190 g/mol. The lowest BCUT2D eigenvalue weighted by atomic mass is 10.0. The maximum Gasteiger partial charge on any atom is 0.329 e. The summed E-state index contributed by atoms with van der Waals surface area (Å²) >= 11 is 0. The number of carbonyl (C=O) groups is 13. The molecule has 0 aliphatic carbocycles. The van der Waals surface area contributed by atoms with Gasteiger partial charge >= 0.3 is 29.9 Å². The molecule has 0 spiro atoms. The molecule has 10 amide bonds. The van der Waals surface area contributed by atoms with Crippen molar-refractivity contribution >= 4 is 77.2 Å². The highest BCUT2D eigenvalue weighted by Gasteiger charge is 2.33. The molecule has 1 heterocycles. The van der Waals surface area contributed by atoms with Gasteiger partial charge in [0.25, 0.3) is 23.6 Å². The van der Waals surface area contributed by atoms with E-state index in [1.807, 2.05) is 0 Å². The third-order valence-corrected chi connectivity index (χ3v) is 13.0. The summed E-state index contributed by atoms with van der Waals surface area (Å²) in [5, 5.41) is 31.0. The predicted molar refractivity (Wildman–Crippen MR) is 332 cm³/mol. The molecule has 1 aromatic rings. The number of nitrogens with one attached hydrogen (secondary N) is 8. The summed E-state index contributed by atoms with van der Waals surface area (Å²) in [6.45, 7) is 20.3. The monoisotopic (exact) mass is 1290 g/mol. The van der Waals surface area contributed by atoms with Crippen molar-refractivity contribution in [2.75, 3.05) is 59.2 Å². The molecule has 1 aliphatic heterocycles. The van der Waals surface area contributed by atoms with Crippen molar-refractivity contribution in [1.82, 2.24) is 47.4 Å². The average molecular weight is 1290 g/mol. The number of carboxylic acid groups (broad SMARTS) is 1. The van der Waals surface area contributed by atoms with Gasteiger partial charge in [0.15, 0.2) is 0 Å². The van der Waals surface area contributed by atoms with Gasteiger partial charge in [0.1, 0.15) is 41.0 Å². The number of imide groups is 1. The van der Waals surface area contributed by atoms with E-state index in [-0.39, 0.29) is 121 Å². The van der Waals surface area contributed by atoms with Gasteiger partial charge in [-0.3, -0.25) is 48.1 Å². The van der Waals surface area contributed by atoms with E-state index in [9.17, 15) is 67.4 Å². The van der Waals surface area contributed by atoms with Crippen molar-refractivity contribution in [2.45, 2.75) is 207 Å². The number of carboxylic acids is 1. The fraction of sp³-hybridized carbons (Fsp3) is 0.667. The molecule has 0 radical (unpaired) electrons. The second kappa shape index (κ2) is 40.7. The molecule has 1 aromatic carbocycles. The zero-order valence-electron chi connectivity index (χ0n) is 54.9. The van der Waals surface area contributed by atoms with Crippen molar-refractivity contribution in [3.05, 3.63) is 47.5 Å². The Morgan fingerprint density at radius 3 is 1.43 bits per heavy atom. The average Bonchev–Trinajstić information content (AvgIpc) is 2.37. The van der Waals surface area contributed by atoms with E-state index >= 15 is 0 Å². The van der Waals surface area contributed by atoms with Crippen LogP contribution < -0.4 is 42.5 Å². The summed E-state index contributed by atoms with van der Waals surface area (Å²) < 4.78 is 27.4. The Labute approximate surface area is 533 Å². The minimum absolute atomic E-state index is 0.0223. The number of hydrogen-bond acceptors (Lipinski definition) is 18. The highest BCUT2D eigenvalue weighted by molar-refractivity contribution is 6.12. The number of benzene rings is 1. The normalized spacial score (nSPS) is 13.6. The number of carbonyl (C=O) groups excluding carboxylic acids is 12. The summed E-state index contributed by atoms with van der Waals surface area (Å²) in [7, 11) is 0. The number of esters is 3. The molecule has 28 heteroatoms. The van der Waals surface area contributed by atoms with Crippen LogP contribution in [0.3, 0.4) is 0 Å². The van der Waals surface area contributed by atoms with Crippen molar-refractivity contribution in [3.63, 3.8) is 0 Å². The quantitative estimate of drug-likeness (QED) is 0.0195. The second-order valence-electron chi connectivity index (χ2n) is 25.1. The van der Waals surface area contributed by atoms with Crippen LogP contribution in [-0.4, -0.2) is 187 Å². The molecule has 2 rings (SSSR count). The van der Waals surface area contributed by atoms with Crippen LogP contribution in [-0.2, 0) is 71.6 Å². The predicted octanol–water partition coefficient (Wildman–Crippen LogP) is 3.57. The molecule has 0 unspecified atom stereocenters. The summed E-state index contributed by atoms with van der Waals surface area (Å²) in [5.74, 6) is -6.99. The molecule has 0 fully saturated rings. The summed E-state index contributed by atoms with van der Waals surface area (Å²) in [5.41, 5.74) is -1.82. The van der Waals surface area contributed by atoms with E-state index in [4.69, 9.17) is 23.7 Å². The molecule has 1 aliphatic rings. The van der Waals surface area contributed by atoms with Gasteiger partial charge in [-0.05, 0) is 157 Å². The molecule has 0 bridgehead atoms. The van der Waals surface area contributed by atoms with Gasteiger partial charge in [-0.25, -0.2) is 19.2 Å². The lowest BCUT2D eigenvalue weighted by molar-refractivity contribution is -0.159. The molecule has 4 atom stereocenters. The van der Waals surface area contributed by atoms with Gasteiger partial charge in [-0.2, -0.15) is 0 Å². The Morgan fingerprint density at radius 1 is 0.473 bits per heavy atom. The van der Waals surface area contributed by atoms with Crippen molar-refractivity contribution in [3.8, 4) is 0 Å². The number of hydrogen-bond donors (Lipinski definition) is 9. The number of nitrogens with zero attached hydrogens (tertiary/aromatic N) is 1. The smallest absolute Gasteiger partial charge is 0.329 e. The van der Waals surface area contributed by atoms with Crippen LogP contribution in [0.15, 0.2) is 36.4 Å². The molecule has 91 heavy (non-hydrogen) atoms. The Morgan fingerprint density at radius 2 is 0.923 bits per heavy atom. The van der Waals surface area contributed by atoms with Crippen LogP contribution in [0.2, 0.25) is 0 Å². The van der Waals surface area contributed by atoms with Gasteiger partial charge in [-0.15, -0.1) is 0 Å². The molecule has 9 N–H and O–H groups in total. The van der Waals surface area contributed by atoms with E-state index in [1.54, 1.807) is 76.2 Å². The number of unbranched alkanes of at least 4 members (excludes halogenated alkanes) is 3. The number of aliphatic carboxylic acids is 1. The molecule has 0 aromatic heterocycles. The van der Waals surface area contributed by atoms with Gasteiger partial charge in [0, 0.05) is 81.7 Å². The van der Waals surface area contributed by atoms with Crippen LogP contribution in [0.25, 0.3) is 0 Å². The third-order valence-electron chi connectivity index (χ3n) is 13.0. The lowest BCUT2D eigenvalue weighted by Crippen LogP contribution is -2.53. The topological polar surface area (TPSA) is 388 Å². The summed E-state index contributed by atoms with van der Waals surface area (Å²) in [6.07, 6.45) is 5.38. The summed E-state index contributed by atoms with van der Waals surface area (Å²) in [6, 6.07) is 0.682. The van der Waals surface area contributed by atoms with Crippen molar-refractivity contribution in [2.24, 2.45) is 5.92 Å². The van der Waals surface area contributed by atoms with E-state index in [0.29, 0.717) is 62.7 Å². The highest BCUT2D eigenvalue weighted by Crippen LogP contribution is 2.16. The molecule has 0 saturated heterocycles. The van der Waals surface area contributed by atoms with Gasteiger partial charge < -0.3 is 71.3 Å². The van der Waals surface area contributed by atoms with Crippen LogP contribution in [0.5, 0.6) is 0 Å². The molecule has 0 saturated carbocycles. The second-order valence-corrected chi connectivity index (χ2v) is 25.1. The Hall–Kier alpha value is -8.01.